The first-order valence-electron chi connectivity index (χ1n) is 5.39. The Balaban J connectivity index is 2.19. The second kappa shape index (κ2) is 3.76. The number of sulfone groups is 1. The van der Waals surface area contributed by atoms with Gasteiger partial charge in [0.05, 0.1) is 22.7 Å². The van der Waals surface area contributed by atoms with Crippen molar-refractivity contribution in [2.24, 2.45) is 0 Å². The van der Waals surface area contributed by atoms with Crippen LogP contribution in [0, 0.1) is 0 Å². The second-order valence-corrected chi connectivity index (χ2v) is 7.08. The standard InChI is InChI=1S/C10H16N2O3S/c1-7(2)16(14,15)6-8-5-10(13)12(11-8)9-3-4-9/h5,7,9,13H,3-4,6H2,1-2H3. The van der Waals surface area contributed by atoms with Gasteiger partial charge in [-0.15, -0.1) is 0 Å². The Kier molecular flexibility index (Phi) is 2.69. The highest BCUT2D eigenvalue weighted by atomic mass is 32.2. The van der Waals surface area contributed by atoms with Crippen LogP contribution in [0.3, 0.4) is 0 Å². The molecule has 6 heteroatoms. The highest BCUT2D eigenvalue weighted by molar-refractivity contribution is 7.91. The molecule has 1 saturated carbocycles. The first-order chi connectivity index (χ1) is 7.40. The van der Waals surface area contributed by atoms with Crippen LogP contribution in [0.15, 0.2) is 6.07 Å². The number of rotatable bonds is 4. The summed E-state index contributed by atoms with van der Waals surface area (Å²) in [6.45, 7) is 3.29. The van der Waals surface area contributed by atoms with Crippen molar-refractivity contribution in [3.63, 3.8) is 0 Å². The molecule has 1 aromatic heterocycles. The summed E-state index contributed by atoms with van der Waals surface area (Å²) in [6.07, 6.45) is 2.01. The highest BCUT2D eigenvalue weighted by Crippen LogP contribution is 2.37. The third kappa shape index (κ3) is 2.21. The van der Waals surface area contributed by atoms with E-state index in [0.29, 0.717) is 5.69 Å². The fourth-order valence-corrected chi connectivity index (χ4v) is 2.35. The molecule has 0 saturated heterocycles. The molecule has 0 bridgehead atoms. The first kappa shape index (κ1) is 11.4. The van der Waals surface area contributed by atoms with Gasteiger partial charge in [-0.2, -0.15) is 5.10 Å². The summed E-state index contributed by atoms with van der Waals surface area (Å²) in [7, 11) is -3.15. The van der Waals surface area contributed by atoms with Gasteiger partial charge in [0.15, 0.2) is 9.84 Å². The lowest BCUT2D eigenvalue weighted by Crippen LogP contribution is -2.16. The maximum absolute atomic E-state index is 11.7. The maximum atomic E-state index is 11.7. The molecule has 0 aromatic carbocycles. The van der Waals surface area contributed by atoms with Crippen LogP contribution in [0.5, 0.6) is 5.88 Å². The Hall–Kier alpha value is -1.04. The van der Waals surface area contributed by atoms with Crippen molar-refractivity contribution in [2.45, 2.75) is 43.7 Å². The second-order valence-electron chi connectivity index (χ2n) is 4.53. The number of hydrogen-bond acceptors (Lipinski definition) is 4. The van der Waals surface area contributed by atoms with Crippen molar-refractivity contribution in [1.82, 2.24) is 9.78 Å². The Bertz CT molecular complexity index is 486. The summed E-state index contributed by atoms with van der Waals surface area (Å²) in [5, 5.41) is 13.3. The van der Waals surface area contributed by atoms with Crippen LogP contribution in [0.2, 0.25) is 0 Å². The van der Waals surface area contributed by atoms with E-state index in [2.05, 4.69) is 5.10 Å². The zero-order valence-corrected chi connectivity index (χ0v) is 10.2. The van der Waals surface area contributed by atoms with E-state index >= 15 is 0 Å². The molecule has 1 aromatic rings. The van der Waals surface area contributed by atoms with Crippen molar-refractivity contribution in [3.8, 4) is 5.88 Å². The summed E-state index contributed by atoms with van der Waals surface area (Å²) >= 11 is 0. The normalized spacial score (nSPS) is 16.9. The van der Waals surface area contributed by atoms with Gasteiger partial charge in [-0.25, -0.2) is 13.1 Å². The molecular formula is C10H16N2O3S. The van der Waals surface area contributed by atoms with Crippen molar-refractivity contribution < 1.29 is 13.5 Å². The lowest BCUT2D eigenvalue weighted by molar-refractivity contribution is 0.401. The molecule has 1 aliphatic carbocycles. The molecule has 1 fully saturated rings. The van der Waals surface area contributed by atoms with Gasteiger partial charge in [0.25, 0.3) is 0 Å². The largest absolute Gasteiger partial charge is 0.493 e. The quantitative estimate of drug-likeness (QED) is 0.865. The molecule has 0 unspecified atom stereocenters. The van der Waals surface area contributed by atoms with Crippen LogP contribution in [-0.4, -0.2) is 28.6 Å². The summed E-state index contributed by atoms with van der Waals surface area (Å²) in [5.74, 6) is -0.0331. The number of aromatic nitrogens is 2. The molecule has 90 valence electrons. The summed E-state index contributed by atoms with van der Waals surface area (Å²) in [4.78, 5) is 0. The minimum atomic E-state index is -3.15. The van der Waals surface area contributed by atoms with E-state index in [-0.39, 0.29) is 17.7 Å². The summed E-state index contributed by atoms with van der Waals surface area (Å²) in [5.41, 5.74) is 0.429. The topological polar surface area (TPSA) is 72.2 Å². The average molecular weight is 244 g/mol. The van der Waals surface area contributed by atoms with E-state index in [0.717, 1.165) is 12.8 Å². The van der Waals surface area contributed by atoms with Crippen LogP contribution in [0.25, 0.3) is 0 Å². The van der Waals surface area contributed by atoms with Gasteiger partial charge in [0.1, 0.15) is 0 Å². The number of hydrogen-bond donors (Lipinski definition) is 1. The molecule has 16 heavy (non-hydrogen) atoms. The number of nitrogens with zero attached hydrogens (tertiary/aromatic N) is 2. The van der Waals surface area contributed by atoms with Crippen molar-refractivity contribution in [1.29, 1.82) is 0 Å². The van der Waals surface area contributed by atoms with Crippen molar-refractivity contribution >= 4 is 9.84 Å². The van der Waals surface area contributed by atoms with Crippen LogP contribution >= 0.6 is 0 Å². The minimum absolute atomic E-state index is 0.0662. The summed E-state index contributed by atoms with van der Waals surface area (Å²) < 4.78 is 24.9. The van der Waals surface area contributed by atoms with Gasteiger partial charge >= 0.3 is 0 Å². The minimum Gasteiger partial charge on any atom is -0.493 e. The molecule has 1 N–H and O–H groups in total. The van der Waals surface area contributed by atoms with Gasteiger partial charge < -0.3 is 5.11 Å². The Labute approximate surface area is 95.0 Å². The fraction of sp³-hybridized carbons (Fsp3) is 0.700. The highest BCUT2D eigenvalue weighted by Gasteiger charge is 2.28. The first-order valence-corrected chi connectivity index (χ1v) is 7.10. The van der Waals surface area contributed by atoms with Crippen LogP contribution in [-0.2, 0) is 15.6 Å². The SMILES string of the molecule is CC(C)S(=O)(=O)Cc1cc(O)n(C2CC2)n1. The molecule has 1 aliphatic rings. The predicted octanol–water partition coefficient (Wildman–Crippen LogP) is 1.25. The Morgan fingerprint density at radius 1 is 1.56 bits per heavy atom. The van der Waals surface area contributed by atoms with Gasteiger partial charge in [0.2, 0.25) is 5.88 Å². The van der Waals surface area contributed by atoms with Crippen molar-refractivity contribution in [2.75, 3.05) is 0 Å². The predicted molar refractivity (Wildman–Crippen MR) is 59.9 cm³/mol. The fourth-order valence-electron chi connectivity index (χ4n) is 1.46. The molecule has 5 nitrogen and oxygen atoms in total. The maximum Gasteiger partial charge on any atom is 0.209 e. The van der Waals surface area contributed by atoms with Crippen LogP contribution in [0.4, 0.5) is 0 Å². The van der Waals surface area contributed by atoms with Crippen LogP contribution in [0.1, 0.15) is 38.4 Å². The van der Waals surface area contributed by atoms with E-state index in [4.69, 9.17) is 0 Å². The van der Waals surface area contributed by atoms with Crippen molar-refractivity contribution in [3.05, 3.63) is 11.8 Å². The smallest absolute Gasteiger partial charge is 0.209 e. The molecule has 0 radical (unpaired) electrons. The zero-order chi connectivity index (χ0) is 11.9. The van der Waals surface area contributed by atoms with Gasteiger partial charge in [-0.1, -0.05) is 0 Å². The molecule has 0 spiro atoms. The lowest BCUT2D eigenvalue weighted by Gasteiger charge is -2.04. The third-order valence-electron chi connectivity index (χ3n) is 2.73. The molecule has 2 rings (SSSR count). The molecule has 0 aliphatic heterocycles. The molecule has 1 heterocycles. The van der Waals surface area contributed by atoms with Crippen LogP contribution < -0.4 is 0 Å². The van der Waals surface area contributed by atoms with E-state index in [1.807, 2.05) is 0 Å². The van der Waals surface area contributed by atoms with E-state index < -0.39 is 15.1 Å². The van der Waals surface area contributed by atoms with E-state index in [1.165, 1.54) is 10.7 Å². The third-order valence-corrected chi connectivity index (χ3v) is 4.86. The van der Waals surface area contributed by atoms with Gasteiger partial charge in [-0.05, 0) is 26.7 Å². The lowest BCUT2D eigenvalue weighted by atomic mass is 10.5. The van der Waals surface area contributed by atoms with E-state index in [1.54, 1.807) is 13.8 Å². The van der Waals surface area contributed by atoms with E-state index in [9.17, 15) is 13.5 Å². The molecular weight excluding hydrogens is 228 g/mol. The Morgan fingerprint density at radius 2 is 2.19 bits per heavy atom. The van der Waals surface area contributed by atoms with Gasteiger partial charge in [0, 0.05) is 6.07 Å². The Morgan fingerprint density at radius 3 is 2.69 bits per heavy atom. The molecule has 0 atom stereocenters. The molecule has 0 amide bonds. The van der Waals surface area contributed by atoms with Gasteiger partial charge in [-0.3, -0.25) is 0 Å². The summed E-state index contributed by atoms with van der Waals surface area (Å²) in [6, 6.07) is 1.70. The monoisotopic (exact) mass is 244 g/mol. The average Bonchev–Trinajstić information content (AvgIpc) is 2.91. The zero-order valence-electron chi connectivity index (χ0n) is 9.42. The number of aromatic hydroxyl groups is 1.